The fourth-order valence-electron chi connectivity index (χ4n) is 0.576. The SMILES string of the molecule is CCCCSC(=S)OCC(C)C. The van der Waals surface area contributed by atoms with Crippen LogP contribution < -0.4 is 0 Å². The quantitative estimate of drug-likeness (QED) is 0.503. The molecule has 0 rings (SSSR count). The summed E-state index contributed by atoms with van der Waals surface area (Å²) in [7, 11) is 0. The van der Waals surface area contributed by atoms with Gasteiger partial charge in [-0.05, 0) is 24.6 Å². The summed E-state index contributed by atoms with van der Waals surface area (Å²) < 4.78 is 6.05. The van der Waals surface area contributed by atoms with Gasteiger partial charge in [0, 0.05) is 5.75 Å². The van der Waals surface area contributed by atoms with Gasteiger partial charge in [0.2, 0.25) is 4.38 Å². The smallest absolute Gasteiger partial charge is 0.219 e. The van der Waals surface area contributed by atoms with E-state index in [1.165, 1.54) is 12.8 Å². The van der Waals surface area contributed by atoms with Crippen LogP contribution in [0.3, 0.4) is 0 Å². The van der Waals surface area contributed by atoms with Crippen LogP contribution in [-0.2, 0) is 4.74 Å². The highest BCUT2D eigenvalue weighted by Crippen LogP contribution is 2.09. The third-order valence-electron chi connectivity index (χ3n) is 1.25. The Morgan fingerprint density at radius 2 is 2.17 bits per heavy atom. The largest absolute Gasteiger partial charge is 0.478 e. The molecule has 0 amide bonds. The van der Waals surface area contributed by atoms with E-state index in [0.29, 0.717) is 10.3 Å². The Labute approximate surface area is 85.3 Å². The molecule has 0 spiro atoms. The lowest BCUT2D eigenvalue weighted by Gasteiger charge is -2.08. The molecule has 0 aromatic carbocycles. The third-order valence-corrected chi connectivity index (χ3v) is 2.57. The van der Waals surface area contributed by atoms with Crippen LogP contribution in [0, 0.1) is 5.92 Å². The Morgan fingerprint density at radius 3 is 2.67 bits per heavy atom. The van der Waals surface area contributed by atoms with Gasteiger partial charge >= 0.3 is 0 Å². The van der Waals surface area contributed by atoms with Crippen LogP contribution in [0.15, 0.2) is 0 Å². The van der Waals surface area contributed by atoms with Gasteiger partial charge in [0.1, 0.15) is 0 Å². The fraction of sp³-hybridized carbons (Fsp3) is 0.889. The van der Waals surface area contributed by atoms with Crippen molar-refractivity contribution in [2.45, 2.75) is 33.6 Å². The molecule has 0 unspecified atom stereocenters. The van der Waals surface area contributed by atoms with Gasteiger partial charge in [-0.3, -0.25) is 0 Å². The molecule has 1 nitrogen and oxygen atoms in total. The van der Waals surface area contributed by atoms with Crippen molar-refractivity contribution in [1.82, 2.24) is 0 Å². The highest BCUT2D eigenvalue weighted by atomic mass is 32.2. The van der Waals surface area contributed by atoms with Gasteiger partial charge < -0.3 is 4.74 Å². The van der Waals surface area contributed by atoms with E-state index in [-0.39, 0.29) is 0 Å². The van der Waals surface area contributed by atoms with E-state index in [1.807, 2.05) is 0 Å². The van der Waals surface area contributed by atoms with Gasteiger partial charge in [-0.2, -0.15) is 0 Å². The summed E-state index contributed by atoms with van der Waals surface area (Å²) >= 11 is 6.68. The number of hydrogen-bond donors (Lipinski definition) is 0. The fourth-order valence-corrected chi connectivity index (χ4v) is 1.65. The first-order valence-electron chi connectivity index (χ1n) is 4.46. The molecule has 12 heavy (non-hydrogen) atoms. The van der Waals surface area contributed by atoms with Gasteiger partial charge in [-0.15, -0.1) is 0 Å². The lowest BCUT2D eigenvalue weighted by molar-refractivity contribution is 0.273. The topological polar surface area (TPSA) is 9.23 Å². The van der Waals surface area contributed by atoms with Crippen molar-refractivity contribution >= 4 is 28.4 Å². The number of hydrogen-bond acceptors (Lipinski definition) is 3. The summed E-state index contributed by atoms with van der Waals surface area (Å²) in [4.78, 5) is 0. The Hall–Kier alpha value is 0.240. The predicted molar refractivity (Wildman–Crippen MR) is 60.8 cm³/mol. The van der Waals surface area contributed by atoms with Crippen LogP contribution in [0.5, 0.6) is 0 Å². The molecule has 0 saturated heterocycles. The zero-order valence-corrected chi connectivity index (χ0v) is 9.76. The van der Waals surface area contributed by atoms with Crippen LogP contribution >= 0.6 is 24.0 Å². The number of ether oxygens (including phenoxy) is 1. The Balaban J connectivity index is 3.22. The molecule has 0 aliphatic rings. The Morgan fingerprint density at radius 1 is 1.50 bits per heavy atom. The molecule has 3 heteroatoms. The number of thioether (sulfide) groups is 1. The summed E-state index contributed by atoms with van der Waals surface area (Å²) in [5.74, 6) is 1.66. The Bertz CT molecular complexity index is 124. The molecule has 0 N–H and O–H groups in total. The second-order valence-corrected chi connectivity index (χ2v) is 4.85. The van der Waals surface area contributed by atoms with E-state index in [0.717, 1.165) is 12.4 Å². The van der Waals surface area contributed by atoms with Crippen molar-refractivity contribution in [3.05, 3.63) is 0 Å². The molecule has 0 aromatic rings. The van der Waals surface area contributed by atoms with E-state index in [4.69, 9.17) is 17.0 Å². The molecule has 0 fully saturated rings. The van der Waals surface area contributed by atoms with Gasteiger partial charge in [0.05, 0.1) is 6.61 Å². The summed E-state index contributed by atoms with van der Waals surface area (Å²) in [6.07, 6.45) is 2.44. The maximum absolute atomic E-state index is 5.34. The van der Waals surface area contributed by atoms with Crippen molar-refractivity contribution in [2.24, 2.45) is 5.92 Å². The van der Waals surface area contributed by atoms with Crippen LogP contribution in [0.4, 0.5) is 0 Å². The third kappa shape index (κ3) is 8.34. The molecule has 0 saturated carbocycles. The maximum atomic E-state index is 5.34. The first kappa shape index (κ1) is 12.2. The molecular weight excluding hydrogens is 188 g/mol. The lowest BCUT2D eigenvalue weighted by Crippen LogP contribution is -2.05. The minimum absolute atomic E-state index is 0.565. The molecule has 0 aliphatic heterocycles. The Kier molecular flexibility index (Phi) is 8.02. The van der Waals surface area contributed by atoms with Crippen molar-refractivity contribution in [3.8, 4) is 0 Å². The van der Waals surface area contributed by atoms with Crippen molar-refractivity contribution in [1.29, 1.82) is 0 Å². The molecule has 0 radical (unpaired) electrons. The van der Waals surface area contributed by atoms with Crippen molar-refractivity contribution in [3.63, 3.8) is 0 Å². The highest BCUT2D eigenvalue weighted by Gasteiger charge is 1.99. The standard InChI is InChI=1S/C9H18OS2/c1-4-5-6-12-9(11)10-7-8(2)3/h8H,4-7H2,1-3H3. The minimum Gasteiger partial charge on any atom is -0.478 e. The van der Waals surface area contributed by atoms with Gasteiger partial charge in [-0.1, -0.05) is 39.0 Å². The second-order valence-electron chi connectivity index (χ2n) is 3.16. The van der Waals surface area contributed by atoms with Crippen LogP contribution in [0.2, 0.25) is 0 Å². The van der Waals surface area contributed by atoms with Crippen molar-refractivity contribution < 1.29 is 4.74 Å². The van der Waals surface area contributed by atoms with Gasteiger partial charge in [-0.25, -0.2) is 0 Å². The molecule has 72 valence electrons. The summed E-state index contributed by atoms with van der Waals surface area (Å²) in [5, 5.41) is 0. The normalized spacial score (nSPS) is 10.3. The van der Waals surface area contributed by atoms with Gasteiger partial charge in [0.15, 0.2) is 0 Å². The lowest BCUT2D eigenvalue weighted by atomic mass is 10.2. The van der Waals surface area contributed by atoms with Crippen molar-refractivity contribution in [2.75, 3.05) is 12.4 Å². The van der Waals surface area contributed by atoms with Crippen LogP contribution in [0.25, 0.3) is 0 Å². The average molecular weight is 206 g/mol. The second kappa shape index (κ2) is 7.87. The van der Waals surface area contributed by atoms with E-state index < -0.39 is 0 Å². The molecule has 0 heterocycles. The average Bonchev–Trinajstić information content (AvgIpc) is 2.01. The van der Waals surface area contributed by atoms with Gasteiger partial charge in [0.25, 0.3) is 0 Å². The molecule has 0 atom stereocenters. The molecular formula is C9H18OS2. The number of unbranched alkanes of at least 4 members (excludes halogenated alkanes) is 1. The highest BCUT2D eigenvalue weighted by molar-refractivity contribution is 8.22. The van der Waals surface area contributed by atoms with E-state index in [1.54, 1.807) is 11.8 Å². The maximum Gasteiger partial charge on any atom is 0.219 e. The molecule has 0 bridgehead atoms. The first-order valence-corrected chi connectivity index (χ1v) is 5.85. The number of thiocarbonyl (C=S) groups is 1. The zero-order chi connectivity index (χ0) is 9.40. The first-order chi connectivity index (χ1) is 5.66. The predicted octanol–water partition coefficient (Wildman–Crippen LogP) is 3.48. The molecule has 0 aromatic heterocycles. The van der Waals surface area contributed by atoms with E-state index in [2.05, 4.69) is 20.8 Å². The number of rotatable bonds is 5. The zero-order valence-electron chi connectivity index (χ0n) is 8.13. The summed E-state index contributed by atoms with van der Waals surface area (Å²) in [5.41, 5.74) is 0. The van der Waals surface area contributed by atoms with Crippen LogP contribution in [-0.4, -0.2) is 16.7 Å². The van der Waals surface area contributed by atoms with Crippen LogP contribution in [0.1, 0.15) is 33.6 Å². The molecule has 0 aliphatic carbocycles. The monoisotopic (exact) mass is 206 g/mol. The minimum atomic E-state index is 0.565. The summed E-state index contributed by atoms with van der Waals surface area (Å²) in [6.45, 7) is 7.18. The van der Waals surface area contributed by atoms with E-state index >= 15 is 0 Å². The summed E-state index contributed by atoms with van der Waals surface area (Å²) in [6, 6.07) is 0. The van der Waals surface area contributed by atoms with E-state index in [9.17, 15) is 0 Å².